The maximum atomic E-state index is 12.3. The van der Waals surface area contributed by atoms with Gasteiger partial charge in [-0.3, -0.25) is 9.59 Å². The summed E-state index contributed by atoms with van der Waals surface area (Å²) in [6, 6.07) is 14.9. The molecule has 0 bridgehead atoms. The Labute approximate surface area is 154 Å². The number of rotatable bonds is 7. The Hall–Kier alpha value is -2.82. The zero-order chi connectivity index (χ0) is 18.4. The van der Waals surface area contributed by atoms with Crippen molar-refractivity contribution >= 4 is 23.1 Å². The number of carbonyl (C=O) groups excluding carboxylic acids is 2. The number of methoxy groups -OCH3 is 1. The minimum Gasteiger partial charge on any atom is -0.497 e. The van der Waals surface area contributed by atoms with E-state index < -0.39 is 0 Å². The van der Waals surface area contributed by atoms with Gasteiger partial charge in [-0.2, -0.15) is 0 Å². The highest BCUT2D eigenvalue weighted by Crippen LogP contribution is 2.23. The van der Waals surface area contributed by atoms with E-state index in [9.17, 15) is 9.59 Å². The molecule has 0 atom stereocenters. The van der Waals surface area contributed by atoms with Gasteiger partial charge in [0.25, 0.3) is 0 Å². The van der Waals surface area contributed by atoms with Crippen LogP contribution in [-0.4, -0.2) is 31.9 Å². The highest BCUT2D eigenvalue weighted by atomic mass is 16.5. The van der Waals surface area contributed by atoms with Crippen molar-refractivity contribution in [2.45, 2.75) is 25.7 Å². The van der Waals surface area contributed by atoms with E-state index in [1.54, 1.807) is 31.4 Å². The van der Waals surface area contributed by atoms with Gasteiger partial charge in [-0.1, -0.05) is 18.2 Å². The number of benzene rings is 2. The van der Waals surface area contributed by atoms with Crippen LogP contribution in [0.1, 0.15) is 36.0 Å². The van der Waals surface area contributed by atoms with Crippen LogP contribution in [-0.2, 0) is 4.79 Å². The number of amides is 1. The summed E-state index contributed by atoms with van der Waals surface area (Å²) in [5.74, 6) is 0.420. The number of nitrogens with one attached hydrogen (secondary N) is 1. The van der Waals surface area contributed by atoms with Crippen LogP contribution in [0.15, 0.2) is 48.5 Å². The Balaban J connectivity index is 1.54. The fraction of sp³-hybridized carbons (Fsp3) is 0.333. The van der Waals surface area contributed by atoms with Gasteiger partial charge >= 0.3 is 0 Å². The Morgan fingerprint density at radius 2 is 1.81 bits per heavy atom. The first-order valence-electron chi connectivity index (χ1n) is 8.98. The summed E-state index contributed by atoms with van der Waals surface area (Å²) >= 11 is 0. The van der Waals surface area contributed by atoms with Crippen LogP contribution < -0.4 is 15.0 Å². The van der Waals surface area contributed by atoms with Gasteiger partial charge in [0.05, 0.1) is 7.11 Å². The van der Waals surface area contributed by atoms with Gasteiger partial charge in [0, 0.05) is 42.9 Å². The summed E-state index contributed by atoms with van der Waals surface area (Å²) in [4.78, 5) is 26.8. The van der Waals surface area contributed by atoms with Gasteiger partial charge in [0.2, 0.25) is 5.91 Å². The van der Waals surface area contributed by atoms with Gasteiger partial charge in [-0.15, -0.1) is 0 Å². The molecule has 1 aliphatic rings. The molecule has 0 spiro atoms. The maximum Gasteiger partial charge on any atom is 0.224 e. The third kappa shape index (κ3) is 4.63. The Morgan fingerprint density at radius 1 is 1.04 bits per heavy atom. The molecule has 0 saturated carbocycles. The monoisotopic (exact) mass is 352 g/mol. The highest BCUT2D eigenvalue weighted by Gasteiger charge is 2.14. The van der Waals surface area contributed by atoms with E-state index in [1.165, 1.54) is 12.8 Å². The van der Waals surface area contributed by atoms with Crippen molar-refractivity contribution in [3.63, 3.8) is 0 Å². The van der Waals surface area contributed by atoms with Crippen molar-refractivity contribution in [2.24, 2.45) is 0 Å². The van der Waals surface area contributed by atoms with Crippen LogP contribution in [0.4, 0.5) is 11.4 Å². The molecule has 26 heavy (non-hydrogen) atoms. The second-order valence-electron chi connectivity index (χ2n) is 6.45. The molecule has 1 heterocycles. The molecule has 0 aromatic heterocycles. The maximum absolute atomic E-state index is 12.3. The van der Waals surface area contributed by atoms with Crippen molar-refractivity contribution in [1.29, 1.82) is 0 Å². The quantitative estimate of drug-likeness (QED) is 0.768. The molecule has 5 heteroatoms. The normalized spacial score (nSPS) is 13.5. The molecule has 136 valence electrons. The van der Waals surface area contributed by atoms with E-state index in [-0.39, 0.29) is 24.5 Å². The van der Waals surface area contributed by atoms with Gasteiger partial charge < -0.3 is 15.0 Å². The molecule has 1 saturated heterocycles. The summed E-state index contributed by atoms with van der Waals surface area (Å²) < 4.78 is 5.13. The number of hydrogen-bond acceptors (Lipinski definition) is 4. The number of nitrogens with zero attached hydrogens (tertiary/aromatic N) is 1. The topological polar surface area (TPSA) is 58.6 Å². The number of ketones is 1. The highest BCUT2D eigenvalue weighted by molar-refractivity contribution is 6.00. The molecule has 1 aliphatic heterocycles. The van der Waals surface area contributed by atoms with E-state index in [0.717, 1.165) is 24.5 Å². The average Bonchev–Trinajstić information content (AvgIpc) is 3.21. The lowest BCUT2D eigenvalue weighted by Crippen LogP contribution is -2.18. The lowest BCUT2D eigenvalue weighted by atomic mass is 10.1. The minimum atomic E-state index is -0.153. The van der Waals surface area contributed by atoms with Crippen LogP contribution in [0.2, 0.25) is 0 Å². The van der Waals surface area contributed by atoms with E-state index in [1.807, 2.05) is 18.2 Å². The third-order valence-electron chi connectivity index (χ3n) is 4.57. The lowest BCUT2D eigenvalue weighted by Gasteiger charge is -2.18. The summed E-state index contributed by atoms with van der Waals surface area (Å²) in [5.41, 5.74) is 2.47. The van der Waals surface area contributed by atoms with E-state index >= 15 is 0 Å². The van der Waals surface area contributed by atoms with Crippen LogP contribution in [0, 0.1) is 0 Å². The molecular formula is C21H24N2O3. The SMILES string of the molecule is COc1cccc(C(=O)CCC(=O)Nc2cccc(N3CCCC3)c2)c1. The predicted molar refractivity (Wildman–Crippen MR) is 103 cm³/mol. The summed E-state index contributed by atoms with van der Waals surface area (Å²) in [7, 11) is 1.56. The molecule has 2 aromatic rings. The average molecular weight is 352 g/mol. The number of carbonyl (C=O) groups is 2. The summed E-state index contributed by atoms with van der Waals surface area (Å²) in [6.45, 7) is 2.12. The fourth-order valence-corrected chi connectivity index (χ4v) is 3.15. The first-order valence-corrected chi connectivity index (χ1v) is 8.98. The van der Waals surface area contributed by atoms with E-state index in [4.69, 9.17) is 4.74 Å². The molecule has 5 nitrogen and oxygen atoms in total. The van der Waals surface area contributed by atoms with Crippen LogP contribution in [0.5, 0.6) is 5.75 Å². The van der Waals surface area contributed by atoms with Gasteiger partial charge in [0.1, 0.15) is 5.75 Å². The molecule has 1 amide bonds. The molecule has 0 radical (unpaired) electrons. The smallest absolute Gasteiger partial charge is 0.224 e. The summed E-state index contributed by atoms with van der Waals surface area (Å²) in [5, 5.41) is 2.89. The zero-order valence-electron chi connectivity index (χ0n) is 15.0. The molecule has 1 N–H and O–H groups in total. The van der Waals surface area contributed by atoms with E-state index in [0.29, 0.717) is 11.3 Å². The first-order chi connectivity index (χ1) is 12.7. The van der Waals surface area contributed by atoms with Crippen molar-refractivity contribution in [3.05, 3.63) is 54.1 Å². The third-order valence-corrected chi connectivity index (χ3v) is 4.57. The molecule has 1 fully saturated rings. The van der Waals surface area contributed by atoms with Gasteiger partial charge in [-0.05, 0) is 43.2 Å². The molecule has 3 rings (SSSR count). The fourth-order valence-electron chi connectivity index (χ4n) is 3.15. The first kappa shape index (κ1) is 18.0. The summed E-state index contributed by atoms with van der Waals surface area (Å²) in [6.07, 6.45) is 2.75. The number of ether oxygens (including phenoxy) is 1. The molecular weight excluding hydrogens is 328 g/mol. The zero-order valence-corrected chi connectivity index (χ0v) is 15.0. The number of Topliss-reactive ketones (excluding diaryl/α,β-unsaturated/α-hetero) is 1. The van der Waals surface area contributed by atoms with Crippen LogP contribution in [0.25, 0.3) is 0 Å². The number of hydrogen-bond donors (Lipinski definition) is 1. The Bertz CT molecular complexity index is 782. The second-order valence-corrected chi connectivity index (χ2v) is 6.45. The van der Waals surface area contributed by atoms with Crippen molar-refractivity contribution in [1.82, 2.24) is 0 Å². The second kappa shape index (κ2) is 8.52. The van der Waals surface area contributed by atoms with Gasteiger partial charge in [0.15, 0.2) is 5.78 Å². The minimum absolute atomic E-state index is 0.0649. The van der Waals surface area contributed by atoms with Gasteiger partial charge in [-0.25, -0.2) is 0 Å². The van der Waals surface area contributed by atoms with Crippen molar-refractivity contribution in [3.8, 4) is 5.75 Å². The largest absolute Gasteiger partial charge is 0.497 e. The van der Waals surface area contributed by atoms with Crippen LogP contribution >= 0.6 is 0 Å². The lowest BCUT2D eigenvalue weighted by molar-refractivity contribution is -0.116. The van der Waals surface area contributed by atoms with E-state index in [2.05, 4.69) is 16.3 Å². The standard InChI is InChI=1S/C21H24N2O3/c1-26-19-9-4-6-16(14-19)20(24)10-11-21(25)22-17-7-5-8-18(15-17)23-12-2-3-13-23/h4-9,14-15H,2-3,10-13H2,1H3,(H,22,25). The Morgan fingerprint density at radius 3 is 2.58 bits per heavy atom. The van der Waals surface area contributed by atoms with Crippen LogP contribution in [0.3, 0.4) is 0 Å². The van der Waals surface area contributed by atoms with Crippen molar-refractivity contribution < 1.29 is 14.3 Å². The molecule has 0 unspecified atom stereocenters. The van der Waals surface area contributed by atoms with Crippen molar-refractivity contribution in [2.75, 3.05) is 30.4 Å². The Kier molecular flexibility index (Phi) is 5.89. The molecule has 0 aliphatic carbocycles. The number of anilines is 2. The molecule has 2 aromatic carbocycles. The predicted octanol–water partition coefficient (Wildman–Crippen LogP) is 3.90.